The number of carbonyl (C=O) groups is 2. The lowest BCUT2D eigenvalue weighted by atomic mass is 9.78. The van der Waals surface area contributed by atoms with Gasteiger partial charge < -0.3 is 19.5 Å². The van der Waals surface area contributed by atoms with Crippen molar-refractivity contribution in [2.24, 2.45) is 11.8 Å². The molecule has 2 aliphatic carbocycles. The molecule has 2 amide bonds. The summed E-state index contributed by atoms with van der Waals surface area (Å²) in [5.41, 5.74) is 4.39. The van der Waals surface area contributed by atoms with Crippen molar-refractivity contribution in [2.75, 3.05) is 31.6 Å². The number of nitrogens with zero attached hydrogens (tertiary/aromatic N) is 5. The van der Waals surface area contributed by atoms with E-state index in [0.717, 1.165) is 42.6 Å². The second-order valence-corrected chi connectivity index (χ2v) is 15.7. The van der Waals surface area contributed by atoms with E-state index in [1.54, 1.807) is 18.2 Å². The van der Waals surface area contributed by atoms with Gasteiger partial charge in [-0.3, -0.25) is 14.4 Å². The molecule has 1 aliphatic heterocycles. The first-order valence-corrected chi connectivity index (χ1v) is 18.6. The van der Waals surface area contributed by atoms with Gasteiger partial charge in [-0.1, -0.05) is 12.1 Å². The van der Waals surface area contributed by atoms with Gasteiger partial charge in [-0.15, -0.1) is 0 Å². The summed E-state index contributed by atoms with van der Waals surface area (Å²) in [7, 11) is 1.72. The molecule has 1 saturated heterocycles. The number of amides is 2. The largest absolute Gasteiger partial charge is 0.496 e. The molecule has 3 fully saturated rings. The number of rotatable bonds is 8. The van der Waals surface area contributed by atoms with Crippen LogP contribution in [0.15, 0.2) is 48.9 Å². The van der Waals surface area contributed by atoms with Crippen molar-refractivity contribution in [3.05, 3.63) is 60.0 Å². The van der Waals surface area contributed by atoms with Crippen LogP contribution in [0.4, 0.5) is 10.6 Å². The van der Waals surface area contributed by atoms with E-state index in [4.69, 9.17) is 14.5 Å². The standard InChI is InChI=1S/C40H55N5O5/c1-27-22-31(12-15-36(27)49-5)29-8-6-28(7-9-29)25-44(37-23-32(16-19-41-37)33-24-42-45(26-33)40(2,3)4)38(47)30-10-13-35(14-11-30)50-39(48)43-20-17-34(46)18-21-43/h12,15-16,19,22-24,26,28-30,34-35,46H,6-11,13-14,17-18,20-21,25H2,1-5H3/t28-,29-,30-,35-. The van der Waals surface area contributed by atoms with E-state index in [1.807, 2.05) is 27.9 Å². The van der Waals surface area contributed by atoms with Crippen molar-refractivity contribution in [1.29, 1.82) is 0 Å². The second-order valence-electron chi connectivity index (χ2n) is 15.7. The molecule has 270 valence electrons. The highest BCUT2D eigenvalue weighted by atomic mass is 16.6. The monoisotopic (exact) mass is 685 g/mol. The minimum atomic E-state index is -0.340. The van der Waals surface area contributed by atoms with E-state index in [1.165, 1.54) is 11.1 Å². The maximum Gasteiger partial charge on any atom is 0.410 e. The van der Waals surface area contributed by atoms with Crippen molar-refractivity contribution < 1.29 is 24.2 Å². The molecule has 10 heteroatoms. The number of anilines is 1. The maximum atomic E-state index is 14.5. The Morgan fingerprint density at radius 2 is 1.66 bits per heavy atom. The van der Waals surface area contributed by atoms with Crippen molar-refractivity contribution in [3.8, 4) is 16.9 Å². The number of hydrogen-bond acceptors (Lipinski definition) is 7. The Balaban J connectivity index is 1.15. The Labute approximate surface area is 297 Å². The molecule has 3 aromatic rings. The van der Waals surface area contributed by atoms with Crippen molar-refractivity contribution in [2.45, 2.75) is 116 Å². The zero-order valence-corrected chi connectivity index (χ0v) is 30.5. The van der Waals surface area contributed by atoms with Gasteiger partial charge in [-0.25, -0.2) is 9.78 Å². The van der Waals surface area contributed by atoms with Crippen LogP contribution in [0.1, 0.15) is 102 Å². The summed E-state index contributed by atoms with van der Waals surface area (Å²) < 4.78 is 13.3. The van der Waals surface area contributed by atoms with E-state index >= 15 is 0 Å². The summed E-state index contributed by atoms with van der Waals surface area (Å²) in [5, 5.41) is 14.4. The first-order chi connectivity index (χ1) is 24.0. The maximum absolute atomic E-state index is 14.5. The molecule has 0 bridgehead atoms. The van der Waals surface area contributed by atoms with E-state index < -0.39 is 0 Å². The molecular formula is C40H55N5O5. The van der Waals surface area contributed by atoms with Gasteiger partial charge in [0.25, 0.3) is 0 Å². The summed E-state index contributed by atoms with van der Waals surface area (Å²) in [6.07, 6.45) is 13.0. The Morgan fingerprint density at radius 3 is 2.30 bits per heavy atom. The van der Waals surface area contributed by atoms with Crippen molar-refractivity contribution in [3.63, 3.8) is 0 Å². The number of methoxy groups -OCH3 is 1. The highest BCUT2D eigenvalue weighted by molar-refractivity contribution is 5.94. The van der Waals surface area contributed by atoms with Gasteiger partial charge in [0.15, 0.2) is 0 Å². The lowest BCUT2D eigenvalue weighted by Crippen LogP contribution is -2.44. The topological polar surface area (TPSA) is 110 Å². The molecule has 2 saturated carbocycles. The number of pyridine rings is 1. The lowest BCUT2D eigenvalue weighted by Gasteiger charge is -2.36. The summed E-state index contributed by atoms with van der Waals surface area (Å²) in [4.78, 5) is 35.7. The first kappa shape index (κ1) is 35.9. The number of likely N-dealkylation sites (tertiary alicyclic amines) is 1. The average molecular weight is 686 g/mol. The number of aliphatic hydroxyl groups excluding tert-OH is 1. The lowest BCUT2D eigenvalue weighted by molar-refractivity contribution is -0.124. The molecule has 3 aliphatic rings. The van der Waals surface area contributed by atoms with E-state index in [-0.39, 0.29) is 35.7 Å². The van der Waals surface area contributed by atoms with E-state index in [9.17, 15) is 14.7 Å². The fourth-order valence-corrected chi connectivity index (χ4v) is 7.89. The van der Waals surface area contributed by atoms with Crippen LogP contribution in [0.25, 0.3) is 11.1 Å². The van der Waals surface area contributed by atoms with Crippen molar-refractivity contribution in [1.82, 2.24) is 19.7 Å². The predicted molar refractivity (Wildman–Crippen MR) is 194 cm³/mol. The van der Waals surface area contributed by atoms with Crippen LogP contribution in [0.3, 0.4) is 0 Å². The Hall–Kier alpha value is -3.92. The molecule has 2 aromatic heterocycles. The molecule has 10 nitrogen and oxygen atoms in total. The molecule has 3 heterocycles. The number of piperidine rings is 1. The van der Waals surface area contributed by atoms with Gasteiger partial charge in [-0.05, 0) is 139 Å². The molecule has 0 atom stereocenters. The number of aliphatic hydroxyl groups is 1. The van der Waals surface area contributed by atoms with Crippen LogP contribution in [0.5, 0.6) is 5.75 Å². The van der Waals surface area contributed by atoms with Gasteiger partial charge in [0.2, 0.25) is 5.91 Å². The summed E-state index contributed by atoms with van der Waals surface area (Å²) in [6, 6.07) is 10.6. The number of carbonyl (C=O) groups excluding carboxylic acids is 2. The third-order valence-electron chi connectivity index (χ3n) is 11.1. The fourth-order valence-electron chi connectivity index (χ4n) is 7.89. The number of benzene rings is 1. The minimum Gasteiger partial charge on any atom is -0.496 e. The normalized spacial score (nSPS) is 23.4. The van der Waals surface area contributed by atoms with Gasteiger partial charge >= 0.3 is 6.09 Å². The number of hydrogen-bond donors (Lipinski definition) is 1. The van der Waals surface area contributed by atoms with Crippen LogP contribution < -0.4 is 9.64 Å². The highest BCUT2D eigenvalue weighted by Gasteiger charge is 2.35. The predicted octanol–water partition coefficient (Wildman–Crippen LogP) is 7.48. The second kappa shape index (κ2) is 15.5. The SMILES string of the molecule is COc1ccc([C@H]2CC[C@H](CN(c3cc(-c4cnn(C(C)(C)C)c4)ccn3)C(=O)[C@H]3CC[C@H](OC(=O)N4CCC(O)CC4)CC3)CC2)cc1C. The van der Waals surface area contributed by atoms with Crippen LogP contribution in [0, 0.1) is 18.8 Å². The van der Waals surface area contributed by atoms with Crippen LogP contribution in [0.2, 0.25) is 0 Å². The van der Waals surface area contributed by atoms with Gasteiger partial charge in [0.05, 0.1) is 24.9 Å². The zero-order valence-electron chi connectivity index (χ0n) is 30.5. The Kier molecular flexibility index (Phi) is 11.2. The Bertz CT molecular complexity index is 1610. The minimum absolute atomic E-state index is 0.114. The quantitative estimate of drug-likeness (QED) is 0.262. The van der Waals surface area contributed by atoms with E-state index in [0.29, 0.717) is 75.8 Å². The van der Waals surface area contributed by atoms with Gasteiger partial charge in [0, 0.05) is 43.5 Å². The molecule has 0 unspecified atom stereocenters. The highest BCUT2D eigenvalue weighted by Crippen LogP contribution is 2.39. The molecule has 0 radical (unpaired) electrons. The number of aryl methyl sites for hydroxylation is 1. The smallest absolute Gasteiger partial charge is 0.410 e. The molecule has 1 N–H and O–H groups in total. The molecule has 1 aromatic carbocycles. The van der Waals surface area contributed by atoms with Crippen LogP contribution in [-0.4, -0.2) is 75.7 Å². The molecule has 0 spiro atoms. The third kappa shape index (κ3) is 8.50. The average Bonchev–Trinajstić information content (AvgIpc) is 3.63. The Morgan fingerprint density at radius 1 is 0.940 bits per heavy atom. The van der Waals surface area contributed by atoms with Crippen LogP contribution in [-0.2, 0) is 15.1 Å². The number of ether oxygens (including phenoxy) is 2. The third-order valence-corrected chi connectivity index (χ3v) is 11.1. The summed E-state index contributed by atoms with van der Waals surface area (Å²) in [6.45, 7) is 10.2. The first-order valence-electron chi connectivity index (χ1n) is 18.6. The molecular weight excluding hydrogens is 630 g/mol. The summed E-state index contributed by atoms with van der Waals surface area (Å²) in [5.74, 6) is 2.46. The number of aromatic nitrogens is 3. The van der Waals surface area contributed by atoms with Crippen molar-refractivity contribution >= 4 is 17.8 Å². The molecule has 6 rings (SSSR count). The fraction of sp³-hybridized carbons (Fsp3) is 0.600. The van der Waals surface area contributed by atoms with Crippen LogP contribution >= 0.6 is 0 Å². The van der Waals surface area contributed by atoms with E-state index in [2.05, 4.69) is 57.2 Å². The zero-order chi connectivity index (χ0) is 35.4. The van der Waals surface area contributed by atoms with Gasteiger partial charge in [0.1, 0.15) is 17.7 Å². The molecule has 50 heavy (non-hydrogen) atoms. The van der Waals surface area contributed by atoms with Gasteiger partial charge in [-0.2, -0.15) is 5.10 Å². The summed E-state index contributed by atoms with van der Waals surface area (Å²) >= 11 is 0.